The molecule has 0 amide bonds. The van der Waals surface area contributed by atoms with Gasteiger partial charge in [-0.25, -0.2) is 26.7 Å². The van der Waals surface area contributed by atoms with Crippen LogP contribution in [0.1, 0.15) is 40.4 Å². The summed E-state index contributed by atoms with van der Waals surface area (Å²) in [6, 6.07) is 1.70. The number of benzene rings is 1. The summed E-state index contributed by atoms with van der Waals surface area (Å²) in [5.41, 5.74) is -0.554. The molecule has 0 saturated carbocycles. The Hall–Kier alpha value is -2.26. The fraction of sp³-hybridized carbons (Fsp3) is 0.267. The van der Waals surface area contributed by atoms with E-state index < -0.39 is 44.1 Å². The molecular formula is C15H15F2NO5S. The van der Waals surface area contributed by atoms with Crippen LogP contribution in [0, 0.1) is 25.5 Å². The molecule has 1 aromatic heterocycles. The summed E-state index contributed by atoms with van der Waals surface area (Å²) in [6.07, 6.45) is 0. The Labute approximate surface area is 137 Å². The molecule has 0 bridgehead atoms. The molecule has 0 aliphatic heterocycles. The molecule has 1 unspecified atom stereocenters. The van der Waals surface area contributed by atoms with Crippen LogP contribution in [0.3, 0.4) is 0 Å². The second-order valence-corrected chi connectivity index (χ2v) is 6.88. The smallest absolute Gasteiger partial charge is 0.340 e. The Bertz CT molecular complexity index is 905. The molecule has 0 aliphatic rings. The van der Waals surface area contributed by atoms with Crippen LogP contribution >= 0.6 is 0 Å². The van der Waals surface area contributed by atoms with Crippen LogP contribution in [0.4, 0.5) is 8.78 Å². The summed E-state index contributed by atoms with van der Waals surface area (Å²) in [5, 5.41) is 9.20. The highest BCUT2D eigenvalue weighted by atomic mass is 32.2. The number of aryl methyl sites for hydroxylation is 2. The lowest BCUT2D eigenvalue weighted by atomic mass is 10.1. The van der Waals surface area contributed by atoms with Gasteiger partial charge in [-0.15, -0.1) is 0 Å². The fourth-order valence-electron chi connectivity index (χ4n) is 2.44. The van der Waals surface area contributed by atoms with Crippen LogP contribution in [0.15, 0.2) is 27.5 Å². The molecule has 1 heterocycles. The van der Waals surface area contributed by atoms with Crippen LogP contribution in [0.5, 0.6) is 0 Å². The average molecular weight is 359 g/mol. The summed E-state index contributed by atoms with van der Waals surface area (Å²) in [7, 11) is -4.31. The normalized spacial score (nSPS) is 13.0. The molecule has 0 saturated heterocycles. The zero-order valence-electron chi connectivity index (χ0n) is 13.1. The number of halogens is 2. The molecule has 130 valence electrons. The number of carbonyl (C=O) groups is 1. The monoisotopic (exact) mass is 359 g/mol. The number of aromatic carboxylic acids is 1. The van der Waals surface area contributed by atoms with Crippen molar-refractivity contribution in [3.8, 4) is 0 Å². The van der Waals surface area contributed by atoms with Crippen molar-refractivity contribution in [2.24, 2.45) is 0 Å². The average Bonchev–Trinajstić information content (AvgIpc) is 2.73. The maximum Gasteiger partial charge on any atom is 0.340 e. The van der Waals surface area contributed by atoms with E-state index in [-0.39, 0.29) is 17.1 Å². The first-order chi connectivity index (χ1) is 11.0. The van der Waals surface area contributed by atoms with E-state index in [1.807, 2.05) is 0 Å². The molecule has 1 atom stereocenters. The zero-order chi connectivity index (χ0) is 18.2. The van der Waals surface area contributed by atoms with E-state index in [4.69, 9.17) is 4.42 Å². The molecule has 2 aromatic rings. The minimum absolute atomic E-state index is 0.0546. The molecular weight excluding hydrogens is 344 g/mol. The third kappa shape index (κ3) is 3.31. The Morgan fingerprint density at radius 2 is 1.88 bits per heavy atom. The second kappa shape index (κ2) is 6.33. The molecule has 0 fully saturated rings. The van der Waals surface area contributed by atoms with Crippen LogP contribution in [-0.2, 0) is 10.0 Å². The minimum Gasteiger partial charge on any atom is -0.478 e. The van der Waals surface area contributed by atoms with Gasteiger partial charge in [0.2, 0.25) is 10.0 Å². The lowest BCUT2D eigenvalue weighted by molar-refractivity contribution is 0.0691. The number of hydrogen-bond donors (Lipinski definition) is 2. The van der Waals surface area contributed by atoms with Crippen molar-refractivity contribution in [2.75, 3.05) is 0 Å². The summed E-state index contributed by atoms with van der Waals surface area (Å²) in [4.78, 5) is 10.8. The predicted octanol–water partition coefficient (Wildman–Crippen LogP) is 2.91. The summed E-state index contributed by atoms with van der Waals surface area (Å²) in [5.74, 6) is -3.31. The second-order valence-electron chi connectivity index (χ2n) is 5.23. The molecule has 9 heteroatoms. The highest BCUT2D eigenvalue weighted by Crippen LogP contribution is 2.28. The van der Waals surface area contributed by atoms with Crippen LogP contribution in [0.25, 0.3) is 0 Å². The van der Waals surface area contributed by atoms with Crippen molar-refractivity contribution >= 4 is 16.0 Å². The van der Waals surface area contributed by atoms with Crippen molar-refractivity contribution in [1.82, 2.24) is 4.72 Å². The Morgan fingerprint density at radius 3 is 2.42 bits per heavy atom. The largest absolute Gasteiger partial charge is 0.478 e. The van der Waals surface area contributed by atoms with Gasteiger partial charge in [0.1, 0.15) is 33.6 Å². The quantitative estimate of drug-likeness (QED) is 0.856. The van der Waals surface area contributed by atoms with Gasteiger partial charge in [-0.1, -0.05) is 6.07 Å². The van der Waals surface area contributed by atoms with E-state index in [1.54, 1.807) is 0 Å². The Kier molecular flexibility index (Phi) is 4.77. The zero-order valence-corrected chi connectivity index (χ0v) is 13.9. The number of nitrogens with one attached hydrogen (secondary N) is 1. The Balaban J connectivity index is 2.44. The maximum atomic E-state index is 13.8. The molecule has 24 heavy (non-hydrogen) atoms. The topological polar surface area (TPSA) is 96.6 Å². The molecule has 0 spiro atoms. The van der Waals surface area contributed by atoms with Crippen LogP contribution in [-0.4, -0.2) is 19.5 Å². The van der Waals surface area contributed by atoms with E-state index >= 15 is 0 Å². The lowest BCUT2D eigenvalue weighted by Crippen LogP contribution is -2.29. The summed E-state index contributed by atoms with van der Waals surface area (Å²) >= 11 is 0. The van der Waals surface area contributed by atoms with Gasteiger partial charge in [-0.2, -0.15) is 0 Å². The van der Waals surface area contributed by atoms with Crippen molar-refractivity contribution in [3.05, 3.63) is 52.5 Å². The highest BCUT2D eigenvalue weighted by molar-refractivity contribution is 7.89. The minimum atomic E-state index is -4.31. The number of sulfonamides is 1. The van der Waals surface area contributed by atoms with E-state index in [9.17, 15) is 27.1 Å². The van der Waals surface area contributed by atoms with Crippen molar-refractivity contribution in [1.29, 1.82) is 0 Å². The number of carboxylic acid groups (broad SMARTS) is 1. The number of carboxylic acids is 1. The van der Waals surface area contributed by atoms with Gasteiger partial charge >= 0.3 is 5.97 Å². The first-order valence-corrected chi connectivity index (χ1v) is 8.33. The maximum absolute atomic E-state index is 13.8. The third-order valence-electron chi connectivity index (χ3n) is 3.45. The number of furan rings is 1. The van der Waals surface area contributed by atoms with Gasteiger partial charge in [-0.3, -0.25) is 0 Å². The standard InChI is InChI=1S/C15H15F2NO5S/c1-7(11-5-4-10(16)6-12(11)17)18-24(21,22)14-9(3)23-8(2)13(14)15(19)20/h4-7,18H,1-3H3,(H,19,20). The molecule has 0 aliphatic carbocycles. The molecule has 0 radical (unpaired) electrons. The predicted molar refractivity (Wildman–Crippen MR) is 80.2 cm³/mol. The lowest BCUT2D eigenvalue weighted by Gasteiger charge is -2.15. The first-order valence-electron chi connectivity index (χ1n) is 6.85. The van der Waals surface area contributed by atoms with Gasteiger partial charge in [0, 0.05) is 17.7 Å². The van der Waals surface area contributed by atoms with E-state index in [2.05, 4.69) is 4.72 Å². The van der Waals surface area contributed by atoms with Crippen LogP contribution in [0.2, 0.25) is 0 Å². The summed E-state index contributed by atoms with van der Waals surface area (Å²) < 4.78 is 59.1. The SMILES string of the molecule is Cc1oc(C)c(S(=O)(=O)NC(C)c2ccc(F)cc2F)c1C(=O)O. The molecule has 2 N–H and O–H groups in total. The van der Waals surface area contributed by atoms with E-state index in [0.29, 0.717) is 6.07 Å². The van der Waals surface area contributed by atoms with E-state index in [1.165, 1.54) is 20.8 Å². The first kappa shape index (κ1) is 18.1. The number of hydrogen-bond acceptors (Lipinski definition) is 4. The Morgan fingerprint density at radius 1 is 1.25 bits per heavy atom. The van der Waals surface area contributed by atoms with E-state index in [0.717, 1.165) is 12.1 Å². The highest BCUT2D eigenvalue weighted by Gasteiger charge is 2.32. The van der Waals surface area contributed by atoms with Crippen molar-refractivity contribution in [2.45, 2.75) is 31.7 Å². The molecule has 6 nitrogen and oxygen atoms in total. The van der Waals surface area contributed by atoms with Gasteiger partial charge in [0.15, 0.2) is 0 Å². The van der Waals surface area contributed by atoms with Gasteiger partial charge in [0.25, 0.3) is 0 Å². The van der Waals surface area contributed by atoms with Crippen molar-refractivity contribution < 1.29 is 31.5 Å². The third-order valence-corrected chi connectivity index (χ3v) is 5.14. The van der Waals surface area contributed by atoms with Gasteiger partial charge in [-0.05, 0) is 26.8 Å². The van der Waals surface area contributed by atoms with Gasteiger partial charge < -0.3 is 9.52 Å². The molecule has 2 rings (SSSR count). The molecule has 1 aromatic carbocycles. The van der Waals surface area contributed by atoms with Crippen LogP contribution < -0.4 is 4.72 Å². The fourth-order valence-corrected chi connectivity index (χ4v) is 4.07. The van der Waals surface area contributed by atoms with Gasteiger partial charge in [0.05, 0.1) is 0 Å². The number of rotatable bonds is 5. The summed E-state index contributed by atoms with van der Waals surface area (Å²) in [6.45, 7) is 4.01. The van der Waals surface area contributed by atoms with Crippen molar-refractivity contribution in [3.63, 3.8) is 0 Å².